The average Bonchev–Trinajstić information content (AvgIpc) is 2.43. The van der Waals surface area contributed by atoms with Crippen molar-refractivity contribution in [1.29, 1.82) is 0 Å². The van der Waals surface area contributed by atoms with Crippen LogP contribution in [0.25, 0.3) is 0 Å². The Morgan fingerprint density at radius 1 is 1.32 bits per heavy atom. The van der Waals surface area contributed by atoms with E-state index in [1.807, 2.05) is 25.1 Å². The predicted octanol–water partition coefficient (Wildman–Crippen LogP) is 1.23. The zero-order valence-corrected chi connectivity index (χ0v) is 16.2. The van der Waals surface area contributed by atoms with Crippen LogP contribution in [0.3, 0.4) is 0 Å². The number of sulfone groups is 1. The molecule has 1 aromatic rings. The van der Waals surface area contributed by atoms with E-state index in [9.17, 15) is 8.42 Å². The summed E-state index contributed by atoms with van der Waals surface area (Å²) in [6, 6.07) is 5.84. The highest BCUT2D eigenvalue weighted by atomic mass is 127. The van der Waals surface area contributed by atoms with Gasteiger partial charge in [-0.2, -0.15) is 0 Å². The van der Waals surface area contributed by atoms with Crippen LogP contribution in [0.2, 0.25) is 0 Å². The third kappa shape index (κ3) is 10.8. The molecule has 8 heteroatoms. The Balaban J connectivity index is 0.00000441. The number of halogens is 1. The van der Waals surface area contributed by atoms with Crippen molar-refractivity contribution in [3.63, 3.8) is 0 Å². The summed E-state index contributed by atoms with van der Waals surface area (Å²) < 4.78 is 22.1. The van der Waals surface area contributed by atoms with Crippen LogP contribution in [-0.4, -0.2) is 51.0 Å². The Bertz CT molecular complexity index is 535. The minimum absolute atomic E-state index is 0. The van der Waals surface area contributed by atoms with Crippen LogP contribution < -0.4 is 10.6 Å². The fourth-order valence-corrected chi connectivity index (χ4v) is 2.37. The molecule has 0 aliphatic rings. The van der Waals surface area contributed by atoms with E-state index in [1.165, 1.54) is 6.26 Å². The number of guanidine groups is 1. The first kappa shape index (κ1) is 21.1. The summed E-state index contributed by atoms with van der Waals surface area (Å²) in [5.41, 5.74) is 1.03. The monoisotopic (exact) mass is 440 g/mol. The number of aromatic nitrogens is 1. The van der Waals surface area contributed by atoms with Crippen molar-refractivity contribution in [2.75, 3.05) is 31.6 Å². The molecule has 0 unspecified atom stereocenters. The maximum Gasteiger partial charge on any atom is 0.191 e. The van der Waals surface area contributed by atoms with Gasteiger partial charge >= 0.3 is 0 Å². The Labute approximate surface area is 150 Å². The third-order valence-corrected chi connectivity index (χ3v) is 3.72. The lowest BCUT2D eigenvalue weighted by atomic mass is 10.3. The summed E-state index contributed by atoms with van der Waals surface area (Å²) >= 11 is 0. The van der Waals surface area contributed by atoms with Crippen molar-refractivity contribution < 1.29 is 8.42 Å². The first-order valence-corrected chi connectivity index (χ1v) is 9.17. The van der Waals surface area contributed by atoms with Crippen molar-refractivity contribution in [2.45, 2.75) is 19.8 Å². The number of hydrogen-bond donors (Lipinski definition) is 2. The second kappa shape index (κ2) is 11.6. The molecule has 0 aromatic carbocycles. The maximum absolute atomic E-state index is 11.0. The van der Waals surface area contributed by atoms with Crippen LogP contribution >= 0.6 is 24.0 Å². The van der Waals surface area contributed by atoms with E-state index < -0.39 is 9.84 Å². The minimum atomic E-state index is -2.91. The van der Waals surface area contributed by atoms with E-state index in [1.54, 1.807) is 6.20 Å². The van der Waals surface area contributed by atoms with E-state index in [0.29, 0.717) is 18.9 Å². The molecule has 0 fully saturated rings. The van der Waals surface area contributed by atoms with Gasteiger partial charge in [-0.25, -0.2) is 8.42 Å². The second-order valence-electron chi connectivity index (χ2n) is 4.74. The van der Waals surface area contributed by atoms with Gasteiger partial charge in [0.05, 0.1) is 5.75 Å². The largest absolute Gasteiger partial charge is 0.357 e. The average molecular weight is 440 g/mol. The summed E-state index contributed by atoms with van der Waals surface area (Å²) in [6.07, 6.45) is 4.37. The fraction of sp³-hybridized carbons (Fsp3) is 0.571. The van der Waals surface area contributed by atoms with Crippen molar-refractivity contribution >= 4 is 39.8 Å². The quantitative estimate of drug-likeness (QED) is 0.275. The highest BCUT2D eigenvalue weighted by Crippen LogP contribution is 1.93. The molecule has 0 spiro atoms. The SMILES string of the molecule is CCNC(=NCCCS(C)(=O)=O)NCCc1ccccn1.I. The lowest BCUT2D eigenvalue weighted by Crippen LogP contribution is -2.38. The number of hydrogen-bond acceptors (Lipinski definition) is 4. The van der Waals surface area contributed by atoms with E-state index >= 15 is 0 Å². The van der Waals surface area contributed by atoms with Gasteiger partial charge in [0.2, 0.25) is 0 Å². The third-order valence-electron chi connectivity index (χ3n) is 2.69. The molecule has 0 saturated carbocycles. The topological polar surface area (TPSA) is 83.5 Å². The normalized spacial score (nSPS) is 11.6. The highest BCUT2D eigenvalue weighted by molar-refractivity contribution is 14.0. The molecule has 0 amide bonds. The van der Waals surface area contributed by atoms with Crippen LogP contribution in [-0.2, 0) is 16.3 Å². The van der Waals surface area contributed by atoms with Gasteiger partial charge in [0.25, 0.3) is 0 Å². The molecule has 0 aliphatic heterocycles. The standard InChI is InChI=1S/C14H24N4O2S.HI/c1-3-15-14(17-10-6-12-21(2,19)20)18-11-8-13-7-4-5-9-16-13;/h4-5,7,9H,3,6,8,10-12H2,1-2H3,(H2,15,17,18);1H. The van der Waals surface area contributed by atoms with Gasteiger partial charge in [0.1, 0.15) is 9.84 Å². The molecular weight excluding hydrogens is 415 g/mol. The number of nitrogens with zero attached hydrogens (tertiary/aromatic N) is 2. The smallest absolute Gasteiger partial charge is 0.191 e. The predicted molar refractivity (Wildman–Crippen MR) is 102 cm³/mol. The van der Waals surface area contributed by atoms with Crippen molar-refractivity contribution in [3.8, 4) is 0 Å². The molecule has 0 aliphatic carbocycles. The molecule has 126 valence electrons. The fourth-order valence-electron chi connectivity index (χ4n) is 1.71. The van der Waals surface area contributed by atoms with E-state index in [4.69, 9.17) is 0 Å². The molecule has 1 heterocycles. The summed E-state index contributed by atoms with van der Waals surface area (Å²) in [5.74, 6) is 0.881. The summed E-state index contributed by atoms with van der Waals surface area (Å²) in [5, 5.41) is 6.35. The van der Waals surface area contributed by atoms with Gasteiger partial charge in [-0.15, -0.1) is 24.0 Å². The molecule has 1 rings (SSSR count). The number of nitrogens with one attached hydrogen (secondary N) is 2. The lowest BCUT2D eigenvalue weighted by molar-refractivity contribution is 0.599. The molecule has 2 N–H and O–H groups in total. The van der Waals surface area contributed by atoms with Crippen molar-refractivity contribution in [1.82, 2.24) is 15.6 Å². The van der Waals surface area contributed by atoms with Gasteiger partial charge in [-0.05, 0) is 25.5 Å². The summed E-state index contributed by atoms with van der Waals surface area (Å²) in [4.78, 5) is 8.61. The van der Waals surface area contributed by atoms with Gasteiger partial charge in [0.15, 0.2) is 5.96 Å². The number of pyridine rings is 1. The van der Waals surface area contributed by atoms with Crippen molar-refractivity contribution in [2.24, 2.45) is 4.99 Å². The van der Waals surface area contributed by atoms with E-state index in [-0.39, 0.29) is 29.7 Å². The van der Waals surface area contributed by atoms with Crippen molar-refractivity contribution in [3.05, 3.63) is 30.1 Å². The van der Waals surface area contributed by atoms with E-state index in [0.717, 1.165) is 25.2 Å². The Hall–Kier alpha value is -0.900. The van der Waals surface area contributed by atoms with Gasteiger partial charge in [-0.3, -0.25) is 9.98 Å². The van der Waals surface area contributed by atoms with Gasteiger partial charge < -0.3 is 10.6 Å². The molecular formula is C14H25IN4O2S. The van der Waals surface area contributed by atoms with Crippen LogP contribution in [0.1, 0.15) is 19.0 Å². The Kier molecular flexibility index (Phi) is 11.2. The molecule has 1 aromatic heterocycles. The minimum Gasteiger partial charge on any atom is -0.357 e. The Morgan fingerprint density at radius 3 is 2.68 bits per heavy atom. The van der Waals surface area contributed by atoms with Crippen LogP contribution in [0.15, 0.2) is 29.4 Å². The maximum atomic E-state index is 11.0. The van der Waals surface area contributed by atoms with Gasteiger partial charge in [0, 0.05) is 44.2 Å². The van der Waals surface area contributed by atoms with Crippen LogP contribution in [0.4, 0.5) is 0 Å². The zero-order valence-electron chi connectivity index (χ0n) is 13.1. The molecule has 6 nitrogen and oxygen atoms in total. The van der Waals surface area contributed by atoms with Crippen LogP contribution in [0, 0.1) is 0 Å². The molecule has 0 atom stereocenters. The summed E-state index contributed by atoms with van der Waals surface area (Å²) in [6.45, 7) is 3.98. The number of rotatable bonds is 8. The highest BCUT2D eigenvalue weighted by Gasteiger charge is 2.02. The molecule has 22 heavy (non-hydrogen) atoms. The zero-order chi connectivity index (χ0) is 15.6. The number of aliphatic imine (C=N–C) groups is 1. The molecule has 0 bridgehead atoms. The van der Waals surface area contributed by atoms with Gasteiger partial charge in [-0.1, -0.05) is 6.07 Å². The first-order chi connectivity index (χ1) is 10.0. The Morgan fingerprint density at radius 2 is 2.09 bits per heavy atom. The lowest BCUT2D eigenvalue weighted by Gasteiger charge is -2.11. The second-order valence-corrected chi connectivity index (χ2v) is 7.00. The molecule has 0 radical (unpaired) electrons. The summed E-state index contributed by atoms with van der Waals surface area (Å²) in [7, 11) is -2.91. The first-order valence-electron chi connectivity index (χ1n) is 7.11. The van der Waals surface area contributed by atoms with Crippen LogP contribution in [0.5, 0.6) is 0 Å². The van der Waals surface area contributed by atoms with E-state index in [2.05, 4.69) is 20.6 Å². The molecule has 0 saturated heterocycles.